The lowest BCUT2D eigenvalue weighted by Gasteiger charge is -2.13. The van der Waals surface area contributed by atoms with Gasteiger partial charge in [0.25, 0.3) is 11.2 Å². The maximum absolute atomic E-state index is 12.2. The summed E-state index contributed by atoms with van der Waals surface area (Å²) in [5, 5.41) is 13.6. The van der Waals surface area contributed by atoms with Crippen LogP contribution >= 0.6 is 0 Å². The average molecular weight is 331 g/mol. The number of rotatable bonds is 6. The van der Waals surface area contributed by atoms with E-state index in [9.17, 15) is 19.7 Å². The number of nitro groups is 1. The third-order valence-electron chi connectivity index (χ3n) is 3.38. The van der Waals surface area contributed by atoms with Crippen molar-refractivity contribution in [2.45, 2.75) is 20.4 Å². The zero-order valence-electron chi connectivity index (χ0n) is 13.3. The summed E-state index contributed by atoms with van der Waals surface area (Å²) in [4.78, 5) is 34.5. The number of carbonyl (C=O) groups excluding carboxylic acids is 1. The molecule has 0 saturated heterocycles. The number of nitrogens with one attached hydrogen (secondary N) is 1. The zero-order chi connectivity index (χ0) is 17.7. The Balaban J connectivity index is 2.24. The largest absolute Gasteiger partial charge is 0.492 e. The Labute approximate surface area is 137 Å². The number of anilines is 1. The molecule has 126 valence electrons. The minimum atomic E-state index is -0.590. The second-order valence-electron chi connectivity index (χ2n) is 4.96. The van der Waals surface area contributed by atoms with Crippen LogP contribution in [0.15, 0.2) is 41.2 Å². The van der Waals surface area contributed by atoms with Crippen LogP contribution in [0.1, 0.15) is 12.6 Å². The van der Waals surface area contributed by atoms with E-state index in [1.165, 1.54) is 6.92 Å². The first kappa shape index (κ1) is 17.2. The molecular formula is C16H17N3O5. The van der Waals surface area contributed by atoms with Gasteiger partial charge in [0.05, 0.1) is 22.9 Å². The lowest BCUT2D eigenvalue weighted by Crippen LogP contribution is -2.29. The summed E-state index contributed by atoms with van der Waals surface area (Å²) >= 11 is 0. The van der Waals surface area contributed by atoms with Gasteiger partial charge >= 0.3 is 0 Å². The smallest absolute Gasteiger partial charge is 0.288 e. The summed E-state index contributed by atoms with van der Waals surface area (Å²) < 4.78 is 6.48. The Morgan fingerprint density at radius 3 is 2.67 bits per heavy atom. The number of hydrogen-bond donors (Lipinski definition) is 1. The van der Waals surface area contributed by atoms with Crippen LogP contribution in [0.2, 0.25) is 0 Å². The van der Waals surface area contributed by atoms with E-state index in [2.05, 4.69) is 5.32 Å². The van der Waals surface area contributed by atoms with Gasteiger partial charge in [-0.3, -0.25) is 24.3 Å². The van der Waals surface area contributed by atoms with Crippen LogP contribution in [0.25, 0.3) is 0 Å². The minimum absolute atomic E-state index is 0.126. The van der Waals surface area contributed by atoms with Gasteiger partial charge in [-0.1, -0.05) is 12.1 Å². The molecule has 0 aliphatic carbocycles. The van der Waals surface area contributed by atoms with Crippen LogP contribution in [0, 0.1) is 17.0 Å². The third-order valence-corrected chi connectivity index (χ3v) is 3.38. The summed E-state index contributed by atoms with van der Waals surface area (Å²) in [5.74, 6) is 0.0318. The van der Waals surface area contributed by atoms with Gasteiger partial charge in [-0.25, -0.2) is 0 Å². The Kier molecular flexibility index (Phi) is 5.31. The van der Waals surface area contributed by atoms with Crippen molar-refractivity contribution in [3.63, 3.8) is 0 Å². The molecule has 0 spiro atoms. The van der Waals surface area contributed by atoms with Gasteiger partial charge in [0, 0.05) is 12.1 Å². The predicted octanol–water partition coefficient (Wildman–Crippen LogP) is 2.10. The van der Waals surface area contributed by atoms with E-state index in [1.54, 1.807) is 24.3 Å². The molecule has 8 heteroatoms. The maximum Gasteiger partial charge on any atom is 0.288 e. The van der Waals surface area contributed by atoms with Crippen molar-refractivity contribution in [1.82, 2.24) is 4.57 Å². The molecule has 1 aromatic heterocycles. The van der Waals surface area contributed by atoms with E-state index in [1.807, 2.05) is 6.92 Å². The third kappa shape index (κ3) is 3.78. The molecule has 1 N–H and O–H groups in total. The minimum Gasteiger partial charge on any atom is -0.492 e. The summed E-state index contributed by atoms with van der Waals surface area (Å²) in [6, 6.07) is 9.11. The Hall–Kier alpha value is -3.16. The van der Waals surface area contributed by atoms with Crippen molar-refractivity contribution < 1.29 is 14.5 Å². The first-order chi connectivity index (χ1) is 11.4. The lowest BCUT2D eigenvalue weighted by atomic mass is 10.2. The van der Waals surface area contributed by atoms with Gasteiger partial charge in [0.1, 0.15) is 12.3 Å². The summed E-state index contributed by atoms with van der Waals surface area (Å²) in [6.45, 7) is 3.37. The van der Waals surface area contributed by atoms with Gasteiger partial charge in [0.2, 0.25) is 5.91 Å². The number of hydrogen-bond acceptors (Lipinski definition) is 5. The highest BCUT2D eigenvalue weighted by Gasteiger charge is 2.17. The Morgan fingerprint density at radius 1 is 1.29 bits per heavy atom. The molecule has 0 fully saturated rings. The molecular weight excluding hydrogens is 314 g/mol. The van der Waals surface area contributed by atoms with Gasteiger partial charge in [-0.15, -0.1) is 0 Å². The highest BCUT2D eigenvalue weighted by Crippen LogP contribution is 2.23. The van der Waals surface area contributed by atoms with Crippen LogP contribution in [0.3, 0.4) is 0 Å². The molecule has 1 amide bonds. The Morgan fingerprint density at radius 2 is 2.00 bits per heavy atom. The predicted molar refractivity (Wildman–Crippen MR) is 88.3 cm³/mol. The van der Waals surface area contributed by atoms with Crippen molar-refractivity contribution in [2.24, 2.45) is 0 Å². The summed E-state index contributed by atoms with van der Waals surface area (Å²) in [6.07, 6.45) is 0. The monoisotopic (exact) mass is 331 g/mol. The number of ether oxygens (including phenoxy) is 1. The molecule has 0 atom stereocenters. The van der Waals surface area contributed by atoms with Crippen molar-refractivity contribution in [2.75, 3.05) is 11.9 Å². The van der Waals surface area contributed by atoms with E-state index in [0.717, 1.165) is 16.7 Å². The van der Waals surface area contributed by atoms with Gasteiger partial charge in [0.15, 0.2) is 0 Å². The molecule has 0 bridgehead atoms. The van der Waals surface area contributed by atoms with Crippen molar-refractivity contribution in [3.05, 3.63) is 62.6 Å². The van der Waals surface area contributed by atoms with Gasteiger partial charge < -0.3 is 10.1 Å². The molecule has 0 saturated carbocycles. The molecule has 0 unspecified atom stereocenters. The van der Waals surface area contributed by atoms with Crippen LogP contribution in [0.5, 0.6) is 5.75 Å². The van der Waals surface area contributed by atoms with Gasteiger partial charge in [-0.05, 0) is 26.0 Å². The highest BCUT2D eigenvalue weighted by atomic mass is 16.6. The fraction of sp³-hybridized carbons (Fsp3) is 0.250. The van der Waals surface area contributed by atoms with Crippen molar-refractivity contribution in [3.8, 4) is 5.75 Å². The van der Waals surface area contributed by atoms with E-state index in [0.29, 0.717) is 18.0 Å². The number of aromatic nitrogens is 1. The standard InChI is InChI=1S/C16H17N3O5/c1-3-24-14-7-5-4-6-12(14)17-15(20)10-18-11(2)13(19(22)23)8-9-16(18)21/h4-9H,3,10H2,1-2H3,(H,17,20). The van der Waals surface area contributed by atoms with E-state index in [4.69, 9.17) is 4.74 Å². The topological polar surface area (TPSA) is 103 Å². The normalized spacial score (nSPS) is 10.2. The number of benzene rings is 1. The summed E-state index contributed by atoms with van der Waals surface area (Å²) in [5.41, 5.74) is -0.0929. The molecule has 0 radical (unpaired) electrons. The molecule has 24 heavy (non-hydrogen) atoms. The number of pyridine rings is 1. The van der Waals surface area contributed by atoms with Crippen molar-refractivity contribution >= 4 is 17.3 Å². The Bertz CT molecular complexity index is 829. The van der Waals surface area contributed by atoms with Crippen LogP contribution in [-0.4, -0.2) is 22.0 Å². The van der Waals surface area contributed by atoms with E-state index < -0.39 is 16.4 Å². The molecule has 1 heterocycles. The molecule has 2 rings (SSSR count). The first-order valence-electron chi connectivity index (χ1n) is 7.30. The quantitative estimate of drug-likeness (QED) is 0.645. The molecule has 8 nitrogen and oxygen atoms in total. The first-order valence-corrected chi connectivity index (χ1v) is 7.30. The van der Waals surface area contributed by atoms with Crippen LogP contribution in [0.4, 0.5) is 11.4 Å². The van der Waals surface area contributed by atoms with E-state index in [-0.39, 0.29) is 17.9 Å². The molecule has 2 aromatic rings. The van der Waals surface area contributed by atoms with E-state index >= 15 is 0 Å². The molecule has 0 aliphatic rings. The highest BCUT2D eigenvalue weighted by molar-refractivity contribution is 5.92. The van der Waals surface area contributed by atoms with Crippen LogP contribution in [-0.2, 0) is 11.3 Å². The number of carbonyl (C=O) groups is 1. The SMILES string of the molecule is CCOc1ccccc1NC(=O)Cn1c(C)c([N+](=O)[O-])ccc1=O. The zero-order valence-corrected chi connectivity index (χ0v) is 13.3. The maximum atomic E-state index is 12.2. The summed E-state index contributed by atoms with van der Waals surface area (Å²) in [7, 11) is 0. The lowest BCUT2D eigenvalue weighted by molar-refractivity contribution is -0.386. The second kappa shape index (κ2) is 7.40. The fourth-order valence-corrected chi connectivity index (χ4v) is 2.24. The van der Waals surface area contributed by atoms with Gasteiger partial charge in [-0.2, -0.15) is 0 Å². The fourth-order valence-electron chi connectivity index (χ4n) is 2.24. The second-order valence-corrected chi connectivity index (χ2v) is 4.96. The number of nitrogens with zero attached hydrogens (tertiary/aromatic N) is 2. The van der Waals surface area contributed by atoms with Crippen LogP contribution < -0.4 is 15.6 Å². The molecule has 0 aliphatic heterocycles. The molecule has 1 aromatic carbocycles. The number of para-hydroxylation sites is 2. The number of amides is 1. The average Bonchev–Trinajstić information content (AvgIpc) is 2.53. The van der Waals surface area contributed by atoms with Crippen molar-refractivity contribution in [1.29, 1.82) is 0 Å².